The summed E-state index contributed by atoms with van der Waals surface area (Å²) in [7, 11) is 6.40. The zero-order valence-corrected chi connectivity index (χ0v) is 69.3. The molecule has 0 bridgehead atoms. The molecule has 0 aromatic rings. The number of aliphatic hydroxyl groups is 2. The average Bonchev–Trinajstić information content (AvgIpc) is 0.767. The van der Waals surface area contributed by atoms with Gasteiger partial charge in [0.2, 0.25) is 12.0 Å². The summed E-state index contributed by atoms with van der Waals surface area (Å²) < 4.78 is 284. The van der Waals surface area contributed by atoms with Crippen LogP contribution in [0, 0.1) is 47.3 Å². The Balaban J connectivity index is -0.000000838. The van der Waals surface area contributed by atoms with Crippen molar-refractivity contribution in [2.24, 2.45) is 52.3 Å². The first-order valence-electron chi connectivity index (χ1n) is 36.5. The number of esters is 8. The van der Waals surface area contributed by atoms with Crippen LogP contribution < -0.4 is 5.32 Å². The third-order valence-electron chi connectivity index (χ3n) is 16.6. The summed E-state index contributed by atoms with van der Waals surface area (Å²) in [5.41, 5.74) is 0. The number of nitrogens with zero attached hydrogens (tertiary/aromatic N) is 1. The zero-order chi connectivity index (χ0) is 89.4. The number of alkyl halides is 16. The van der Waals surface area contributed by atoms with E-state index in [1.165, 1.54) is 54.9 Å². The van der Waals surface area contributed by atoms with E-state index in [1.807, 2.05) is 0 Å². The number of rotatable bonds is 60. The first kappa shape index (κ1) is 115. The van der Waals surface area contributed by atoms with Crippen molar-refractivity contribution in [3.63, 3.8) is 0 Å². The highest BCUT2D eigenvalue weighted by molar-refractivity contribution is 6.60. The molecule has 0 saturated heterocycles. The number of isocyanates is 1. The van der Waals surface area contributed by atoms with Crippen molar-refractivity contribution in [3.8, 4) is 0 Å². The summed E-state index contributed by atoms with van der Waals surface area (Å²) in [5, 5.41) is 20.5. The Morgan fingerprint density at radius 3 is 1.08 bits per heavy atom. The predicted molar refractivity (Wildman–Crippen MR) is 378 cm³/mol. The lowest BCUT2D eigenvalue weighted by atomic mass is 9.82. The topological polar surface area (TPSA) is 365 Å². The summed E-state index contributed by atoms with van der Waals surface area (Å²) in [6, 6.07) is 1.80. The van der Waals surface area contributed by atoms with Gasteiger partial charge in [0, 0.05) is 62.2 Å². The molecule has 0 radical (unpaired) electrons. The number of nitrogens with one attached hydrogen (secondary N) is 1. The zero-order valence-electron chi connectivity index (χ0n) is 66.9. The number of aliphatic imine (C=N–C) groups is 1. The lowest BCUT2D eigenvalue weighted by Gasteiger charge is -2.32. The molecule has 0 spiro atoms. The van der Waals surface area contributed by atoms with Crippen molar-refractivity contribution in [2.45, 2.75) is 199 Å². The first-order valence-corrected chi connectivity index (χ1v) is 40.0. The summed E-state index contributed by atoms with van der Waals surface area (Å²) >= 11 is 0. The van der Waals surface area contributed by atoms with Crippen LogP contribution in [-0.2, 0) is 113 Å². The van der Waals surface area contributed by atoms with Crippen molar-refractivity contribution in [2.75, 3.05) is 135 Å². The van der Waals surface area contributed by atoms with Crippen LogP contribution in [0.5, 0.6) is 0 Å². The van der Waals surface area contributed by atoms with Gasteiger partial charge in [-0.2, -0.15) is 52.7 Å². The van der Waals surface area contributed by atoms with E-state index in [4.69, 9.17) is 65.8 Å². The monoisotopic (exact) mass is 1750 g/mol. The molecule has 28 nitrogen and oxygen atoms in total. The van der Waals surface area contributed by atoms with Crippen LogP contribution in [0.2, 0.25) is 12.1 Å². The summed E-state index contributed by atoms with van der Waals surface area (Å²) in [6.07, 6.45) is -8.42. The average molecular weight is 1750 g/mol. The number of carbonyl (C=O) groups is 9. The molecule has 8 unspecified atom stereocenters. The Morgan fingerprint density at radius 1 is 0.443 bits per heavy atom. The van der Waals surface area contributed by atoms with Gasteiger partial charge in [0.1, 0.15) is 26.4 Å². The summed E-state index contributed by atoms with van der Waals surface area (Å²) in [5.74, 6) is -57.9. The highest BCUT2D eigenvalue weighted by atomic mass is 28.4. The standard InChI is InChI=1S/C29H44F8O10.C27H40F8O10.C8H19NO4Si.C5H11NO2Si/c1-6-8-9-44-24(40)20(14-18(3)22(38)45-12-10-42-4)16-21(15-19(7-2)23(39)46-13-11-43-5)25(41)47-17-27(32,33)29(36,37)28(34,35)26(30)31;1-4-6-9-42-22(40)18(12-16(3)20(38)43-10-7-36)14-19(13-17(5-2)21(39)44-11-8-37)23(41)45-15-25(30,31)27(34,35)26(32,33)24(28)29;1-8(10)9-6-5-7-14(11-2,12-3)13-4;1-8-9-4-2-3-6-5-7/h18-21,26H,6-17H2,1-5H3;16-19,24,36-37H,4-15H2,1-3H3;5-7H2,1-4H3,(H,9,10);2-4,9H2,1H3. The third-order valence-corrected chi connectivity index (χ3v) is 20.6. The van der Waals surface area contributed by atoms with E-state index in [0.29, 0.717) is 44.8 Å². The van der Waals surface area contributed by atoms with Gasteiger partial charge in [0.15, 0.2) is 23.0 Å². The molecule has 115 heavy (non-hydrogen) atoms. The Bertz CT molecular complexity index is 2780. The molecule has 1 amide bonds. The van der Waals surface area contributed by atoms with Crippen LogP contribution in [0.25, 0.3) is 0 Å². The van der Waals surface area contributed by atoms with Gasteiger partial charge in [-0.1, -0.05) is 54.4 Å². The lowest BCUT2D eigenvalue weighted by Crippen LogP contribution is -2.59. The van der Waals surface area contributed by atoms with Crippen molar-refractivity contribution in [1.82, 2.24) is 5.32 Å². The van der Waals surface area contributed by atoms with Gasteiger partial charge in [0.05, 0.1) is 93.5 Å². The molecule has 0 aliphatic rings. The van der Waals surface area contributed by atoms with Crippen LogP contribution >= 0.6 is 0 Å². The minimum absolute atomic E-state index is 0.00969. The van der Waals surface area contributed by atoms with E-state index in [-0.39, 0.29) is 87.6 Å². The maximum absolute atomic E-state index is 14.2. The molecule has 0 heterocycles. The number of aliphatic hydroxyl groups excluding tert-OH is 2. The smallest absolute Gasteiger partial charge is 0.465 e. The number of halogens is 16. The van der Waals surface area contributed by atoms with Gasteiger partial charge in [0.25, 0.3) is 0 Å². The maximum Gasteiger partial charge on any atom is 0.500 e. The summed E-state index contributed by atoms with van der Waals surface area (Å²) in [4.78, 5) is 125. The minimum atomic E-state index is -6.65. The number of unbranched alkanes of at least 4 members (excludes halogenated alkanes) is 2. The van der Waals surface area contributed by atoms with Crippen molar-refractivity contribution in [1.29, 1.82) is 0 Å². The number of amides is 1. The predicted octanol–water partition coefficient (Wildman–Crippen LogP) is 9.92. The summed E-state index contributed by atoms with van der Waals surface area (Å²) in [6.45, 7) is 3.97. The Hall–Kier alpha value is -6.40. The number of carbonyl (C=O) groups excluding carboxylic acids is 10. The van der Waals surface area contributed by atoms with Crippen molar-refractivity contribution < 1.29 is 193 Å². The largest absolute Gasteiger partial charge is 0.500 e. The number of ether oxygens (including phenoxy) is 10. The van der Waals surface area contributed by atoms with Gasteiger partial charge in [-0.15, -0.1) is 0 Å². The second-order valence-electron chi connectivity index (χ2n) is 25.5. The number of hydrogen-bond donors (Lipinski definition) is 3. The van der Waals surface area contributed by atoms with Crippen LogP contribution in [0.15, 0.2) is 4.99 Å². The van der Waals surface area contributed by atoms with E-state index in [9.17, 15) is 118 Å². The van der Waals surface area contributed by atoms with E-state index in [0.717, 1.165) is 18.9 Å². The molecule has 0 fully saturated rings. The molecule has 0 aliphatic carbocycles. The number of methoxy groups -OCH3 is 2. The van der Waals surface area contributed by atoms with Gasteiger partial charge >= 0.3 is 105 Å². The Morgan fingerprint density at radius 2 is 0.765 bits per heavy atom. The van der Waals surface area contributed by atoms with E-state index in [2.05, 4.69) is 19.8 Å². The molecule has 676 valence electrons. The lowest BCUT2D eigenvalue weighted by molar-refractivity contribution is -0.344. The van der Waals surface area contributed by atoms with Gasteiger partial charge in [-0.05, 0) is 83.1 Å². The molecule has 3 N–H and O–H groups in total. The first-order chi connectivity index (χ1) is 53.7. The third kappa shape index (κ3) is 44.3. The molecule has 46 heteroatoms. The number of hydrogen-bond acceptors (Lipinski definition) is 27. The van der Waals surface area contributed by atoms with Crippen molar-refractivity contribution >= 4 is 78.3 Å². The fraction of sp³-hybridized carbons (Fsp3) is 0.855. The van der Waals surface area contributed by atoms with Gasteiger partial charge in [-0.25, -0.2) is 27.3 Å². The van der Waals surface area contributed by atoms with E-state index < -0.39 is 211 Å². The second-order valence-corrected chi connectivity index (χ2v) is 30.3. The molecule has 0 aromatic carbocycles. The Labute approximate surface area is 661 Å². The van der Waals surface area contributed by atoms with E-state index in [1.54, 1.807) is 42.3 Å². The molecule has 0 rings (SSSR count). The molecule has 8 atom stereocenters. The van der Waals surface area contributed by atoms with Crippen LogP contribution in [0.3, 0.4) is 0 Å². The highest BCUT2D eigenvalue weighted by Crippen LogP contribution is 2.50. The molecule has 0 saturated carbocycles. The Kier molecular flexibility index (Phi) is 61.8. The normalized spacial score (nSPS) is 14.2. The van der Waals surface area contributed by atoms with Gasteiger partial charge < -0.3 is 80.6 Å². The quantitative estimate of drug-likeness (QED) is 0.00969. The van der Waals surface area contributed by atoms with Crippen LogP contribution in [0.1, 0.15) is 138 Å². The molecule has 0 aliphatic heterocycles. The van der Waals surface area contributed by atoms with Gasteiger partial charge in [-0.3, -0.25) is 43.2 Å². The van der Waals surface area contributed by atoms with Crippen LogP contribution in [-0.4, -0.2) is 272 Å². The fourth-order valence-electron chi connectivity index (χ4n) is 9.68. The molecular formula is C69H114F16N2O26Si2. The van der Waals surface area contributed by atoms with E-state index >= 15 is 0 Å². The minimum Gasteiger partial charge on any atom is -0.465 e. The fourth-order valence-corrected chi connectivity index (χ4v) is 12.1. The second kappa shape index (κ2) is 61.9. The SMILES string of the molecule is CCCCOC(=O)C(CC(C)C(=O)OCCO)CC(CC(CC)C(=O)OCCO)C(=O)OCC(F)(F)C(F)(F)C(F)(F)C(F)F.CCCCOC(=O)C(CC(C)C(=O)OCCOC)CC(CC(CC)C(=O)OCCOC)C(=O)OCC(F)(F)C(F)(F)C(F)(F)C(F)F.CO[SiH2]CCCN=C=O.CO[Si](CCCNC(C)=O)(OC)OC. The van der Waals surface area contributed by atoms with Crippen LogP contribution in [0.4, 0.5) is 70.2 Å². The highest BCUT2D eigenvalue weighted by Gasteiger charge is 2.77. The molecular weight excluding hydrogens is 1630 g/mol. The molecule has 0 aromatic heterocycles. The van der Waals surface area contributed by atoms with Crippen molar-refractivity contribution in [3.05, 3.63) is 0 Å². The maximum atomic E-state index is 14.2.